The molecule has 0 unspecified atom stereocenters. The van der Waals surface area contributed by atoms with Crippen molar-refractivity contribution in [2.45, 2.75) is 0 Å². The zero-order chi connectivity index (χ0) is 9.19. The van der Waals surface area contributed by atoms with Gasteiger partial charge in [0, 0.05) is 5.69 Å². The highest BCUT2D eigenvalue weighted by atomic mass is 31.2. The fourth-order valence-electron chi connectivity index (χ4n) is 0.666. The number of hydrogen-bond acceptors (Lipinski definition) is 3. The Balaban J connectivity index is 2.78. The van der Waals surface area contributed by atoms with Gasteiger partial charge in [0.25, 0.3) is 0 Å². The first-order valence-corrected chi connectivity index (χ1v) is 4.61. The van der Waals surface area contributed by atoms with Crippen LogP contribution in [0.3, 0.4) is 0 Å². The van der Waals surface area contributed by atoms with Gasteiger partial charge in [-0.25, -0.2) is 4.57 Å². The summed E-state index contributed by atoms with van der Waals surface area (Å²) in [6, 6.07) is 5.75. The summed E-state index contributed by atoms with van der Waals surface area (Å²) in [6.07, 6.45) is 0. The van der Waals surface area contributed by atoms with Crippen LogP contribution in [0.5, 0.6) is 5.75 Å². The van der Waals surface area contributed by atoms with E-state index in [4.69, 9.17) is 15.5 Å². The SMILES string of the molecule is Nc1ccc(OP(=O)(O)O)cc1. The maximum Gasteiger partial charge on any atom is 0.524 e. The highest BCUT2D eigenvalue weighted by Gasteiger charge is 2.14. The normalized spacial score (nSPS) is 11.2. The first-order chi connectivity index (χ1) is 5.47. The molecule has 0 aliphatic carbocycles. The van der Waals surface area contributed by atoms with Crippen molar-refractivity contribution in [3.05, 3.63) is 24.3 Å². The maximum absolute atomic E-state index is 10.3. The van der Waals surface area contributed by atoms with Crippen molar-refractivity contribution in [2.24, 2.45) is 0 Å². The van der Waals surface area contributed by atoms with Gasteiger partial charge in [0.15, 0.2) is 0 Å². The van der Waals surface area contributed by atoms with Crippen LogP contribution in [-0.4, -0.2) is 9.79 Å². The fourth-order valence-corrected chi connectivity index (χ4v) is 1.06. The van der Waals surface area contributed by atoms with Crippen LogP contribution in [0.1, 0.15) is 0 Å². The van der Waals surface area contributed by atoms with Crippen molar-refractivity contribution < 1.29 is 18.9 Å². The maximum atomic E-state index is 10.3. The van der Waals surface area contributed by atoms with Crippen LogP contribution in [0.4, 0.5) is 5.69 Å². The van der Waals surface area contributed by atoms with Gasteiger partial charge in [-0.1, -0.05) is 0 Å². The number of hydrogen-bond donors (Lipinski definition) is 3. The molecule has 0 spiro atoms. The Morgan fingerprint density at radius 2 is 1.75 bits per heavy atom. The summed E-state index contributed by atoms with van der Waals surface area (Å²) in [7, 11) is -4.44. The van der Waals surface area contributed by atoms with Crippen molar-refractivity contribution in [3.8, 4) is 5.75 Å². The highest BCUT2D eigenvalue weighted by molar-refractivity contribution is 7.46. The van der Waals surface area contributed by atoms with E-state index in [1.54, 1.807) is 0 Å². The second-order valence-electron chi connectivity index (χ2n) is 2.15. The quantitative estimate of drug-likeness (QED) is 0.471. The van der Waals surface area contributed by atoms with Gasteiger partial charge < -0.3 is 10.3 Å². The number of nitrogen functional groups attached to an aromatic ring is 1. The molecule has 0 radical (unpaired) electrons. The van der Waals surface area contributed by atoms with Crippen LogP contribution >= 0.6 is 7.82 Å². The third-order valence-corrected chi connectivity index (χ3v) is 1.55. The molecule has 1 rings (SSSR count). The van der Waals surface area contributed by atoms with E-state index in [-0.39, 0.29) is 5.75 Å². The van der Waals surface area contributed by atoms with Crippen molar-refractivity contribution in [2.75, 3.05) is 5.73 Å². The van der Waals surface area contributed by atoms with Crippen LogP contribution in [0.2, 0.25) is 0 Å². The lowest BCUT2D eigenvalue weighted by Crippen LogP contribution is -1.90. The van der Waals surface area contributed by atoms with Crippen LogP contribution in [-0.2, 0) is 4.57 Å². The molecule has 1 aromatic rings. The van der Waals surface area contributed by atoms with E-state index in [2.05, 4.69) is 4.52 Å². The Bertz CT molecular complexity index is 304. The Hall–Kier alpha value is -1.03. The third-order valence-electron chi connectivity index (χ3n) is 1.10. The molecule has 0 saturated carbocycles. The summed E-state index contributed by atoms with van der Waals surface area (Å²) in [6.45, 7) is 0. The lowest BCUT2D eigenvalue weighted by molar-refractivity contribution is 0.283. The second-order valence-corrected chi connectivity index (χ2v) is 3.31. The predicted molar refractivity (Wildman–Crippen MR) is 43.5 cm³/mol. The largest absolute Gasteiger partial charge is 0.524 e. The van der Waals surface area contributed by atoms with E-state index >= 15 is 0 Å². The third kappa shape index (κ3) is 2.92. The van der Waals surface area contributed by atoms with E-state index in [1.165, 1.54) is 24.3 Å². The Morgan fingerprint density at radius 3 is 2.17 bits per heavy atom. The Morgan fingerprint density at radius 1 is 1.25 bits per heavy atom. The minimum absolute atomic E-state index is 0.0949. The van der Waals surface area contributed by atoms with Crippen LogP contribution in [0, 0.1) is 0 Å². The van der Waals surface area contributed by atoms with Crippen molar-refractivity contribution in [3.63, 3.8) is 0 Å². The molecule has 0 aromatic heterocycles. The first-order valence-electron chi connectivity index (χ1n) is 3.08. The van der Waals surface area contributed by atoms with Gasteiger partial charge in [-0.2, -0.15) is 0 Å². The standard InChI is InChI=1S/C6H8NO4P/c7-5-1-3-6(4-2-5)11-12(8,9)10/h1-4H,7H2,(H2,8,9,10). The smallest absolute Gasteiger partial charge is 0.404 e. The number of phosphoric ester groups is 1. The zero-order valence-electron chi connectivity index (χ0n) is 6.04. The number of nitrogens with two attached hydrogens (primary N) is 1. The molecular formula is C6H8NO4P. The highest BCUT2D eigenvalue weighted by Crippen LogP contribution is 2.37. The van der Waals surface area contributed by atoms with Gasteiger partial charge in [-0.3, -0.25) is 9.79 Å². The molecule has 0 bridgehead atoms. The number of rotatable bonds is 2. The number of phosphoric acid groups is 1. The molecule has 5 nitrogen and oxygen atoms in total. The van der Waals surface area contributed by atoms with E-state index < -0.39 is 7.82 Å². The first kappa shape index (κ1) is 9.06. The summed E-state index contributed by atoms with van der Waals surface area (Å²) in [5, 5.41) is 0. The molecule has 0 amide bonds. The van der Waals surface area contributed by atoms with Gasteiger partial charge in [0.1, 0.15) is 5.75 Å². The van der Waals surface area contributed by atoms with E-state index in [9.17, 15) is 4.57 Å². The summed E-state index contributed by atoms with van der Waals surface area (Å²) < 4.78 is 14.6. The molecule has 0 fully saturated rings. The molecular weight excluding hydrogens is 181 g/mol. The van der Waals surface area contributed by atoms with Gasteiger partial charge >= 0.3 is 7.82 Å². The monoisotopic (exact) mass is 189 g/mol. The van der Waals surface area contributed by atoms with Gasteiger partial charge in [-0.05, 0) is 24.3 Å². The van der Waals surface area contributed by atoms with Crippen LogP contribution in [0.25, 0.3) is 0 Å². The van der Waals surface area contributed by atoms with Gasteiger partial charge in [-0.15, -0.1) is 0 Å². The molecule has 6 heteroatoms. The molecule has 1 aromatic carbocycles. The summed E-state index contributed by atoms with van der Waals surface area (Å²) in [4.78, 5) is 16.8. The molecule has 0 saturated heterocycles. The predicted octanol–water partition coefficient (Wildman–Crippen LogP) is 0.740. The molecule has 4 N–H and O–H groups in total. The van der Waals surface area contributed by atoms with Gasteiger partial charge in [0.05, 0.1) is 0 Å². The average Bonchev–Trinajstić information content (AvgIpc) is 1.91. The van der Waals surface area contributed by atoms with Crippen LogP contribution in [0.15, 0.2) is 24.3 Å². The topological polar surface area (TPSA) is 92.8 Å². The van der Waals surface area contributed by atoms with Crippen molar-refractivity contribution in [1.29, 1.82) is 0 Å². The molecule has 0 heterocycles. The zero-order valence-corrected chi connectivity index (χ0v) is 6.94. The van der Waals surface area contributed by atoms with E-state index in [0.717, 1.165) is 0 Å². The lowest BCUT2D eigenvalue weighted by Gasteiger charge is -2.05. The Kier molecular flexibility index (Phi) is 2.38. The molecule has 66 valence electrons. The lowest BCUT2D eigenvalue weighted by atomic mass is 10.3. The average molecular weight is 189 g/mol. The molecule has 0 aliphatic rings. The molecule has 0 aliphatic heterocycles. The Labute approximate surface area is 69.0 Å². The number of anilines is 1. The minimum atomic E-state index is -4.44. The summed E-state index contributed by atoms with van der Waals surface area (Å²) in [5.74, 6) is 0.0949. The number of benzene rings is 1. The van der Waals surface area contributed by atoms with Crippen molar-refractivity contribution >= 4 is 13.5 Å². The summed E-state index contributed by atoms with van der Waals surface area (Å²) >= 11 is 0. The van der Waals surface area contributed by atoms with Crippen LogP contribution < -0.4 is 10.3 Å². The van der Waals surface area contributed by atoms with E-state index in [0.29, 0.717) is 5.69 Å². The fraction of sp³-hybridized carbons (Fsp3) is 0. The van der Waals surface area contributed by atoms with E-state index in [1.807, 2.05) is 0 Å². The van der Waals surface area contributed by atoms with Crippen molar-refractivity contribution in [1.82, 2.24) is 0 Å². The van der Waals surface area contributed by atoms with Gasteiger partial charge in [0.2, 0.25) is 0 Å². The second kappa shape index (κ2) is 3.15. The molecule has 0 atom stereocenters. The molecule has 12 heavy (non-hydrogen) atoms. The minimum Gasteiger partial charge on any atom is -0.404 e. The summed E-state index contributed by atoms with van der Waals surface area (Å²) in [5.41, 5.74) is 5.85.